The fourth-order valence-electron chi connectivity index (χ4n) is 2.14. The van der Waals surface area contributed by atoms with Gasteiger partial charge in [0.15, 0.2) is 0 Å². The summed E-state index contributed by atoms with van der Waals surface area (Å²) in [5.41, 5.74) is 6.53. The molecule has 0 heterocycles. The summed E-state index contributed by atoms with van der Waals surface area (Å²) in [5, 5.41) is 14.2. The van der Waals surface area contributed by atoms with Crippen molar-refractivity contribution in [1.82, 2.24) is 5.32 Å². The normalized spacial score (nSPS) is 13.9. The van der Waals surface area contributed by atoms with Crippen molar-refractivity contribution in [2.24, 2.45) is 5.73 Å². The molecule has 2 atom stereocenters. The second-order valence-corrected chi connectivity index (χ2v) is 4.82. The summed E-state index contributed by atoms with van der Waals surface area (Å²) in [4.78, 5) is 10.4. The van der Waals surface area contributed by atoms with E-state index in [2.05, 4.69) is 5.32 Å². The Hall–Kier alpha value is -1.50. The van der Waals surface area contributed by atoms with Crippen LogP contribution in [-0.2, 0) is 4.74 Å². The summed E-state index contributed by atoms with van der Waals surface area (Å²) in [6, 6.07) is 6.90. The SMILES string of the molecule is COCC(CCCN)NC(C)c1cccc([N+](=O)[O-])c1. The van der Waals surface area contributed by atoms with Gasteiger partial charge in [-0.2, -0.15) is 0 Å². The third kappa shape index (κ3) is 5.24. The highest BCUT2D eigenvalue weighted by Crippen LogP contribution is 2.19. The first-order valence-corrected chi connectivity index (χ1v) is 6.78. The van der Waals surface area contributed by atoms with Gasteiger partial charge in [-0.15, -0.1) is 0 Å². The van der Waals surface area contributed by atoms with Gasteiger partial charge in [0.25, 0.3) is 5.69 Å². The van der Waals surface area contributed by atoms with E-state index in [9.17, 15) is 10.1 Å². The average Bonchev–Trinajstić information content (AvgIpc) is 2.45. The number of hydrogen-bond acceptors (Lipinski definition) is 5. The van der Waals surface area contributed by atoms with Crippen LogP contribution in [0.25, 0.3) is 0 Å². The number of ether oxygens (including phenoxy) is 1. The lowest BCUT2D eigenvalue weighted by Gasteiger charge is -2.23. The van der Waals surface area contributed by atoms with E-state index in [1.807, 2.05) is 13.0 Å². The minimum Gasteiger partial charge on any atom is -0.383 e. The van der Waals surface area contributed by atoms with Gasteiger partial charge in [0, 0.05) is 31.3 Å². The lowest BCUT2D eigenvalue weighted by molar-refractivity contribution is -0.384. The Morgan fingerprint density at radius 1 is 1.50 bits per heavy atom. The maximum Gasteiger partial charge on any atom is 0.269 e. The maximum absolute atomic E-state index is 10.8. The maximum atomic E-state index is 10.8. The fraction of sp³-hybridized carbons (Fsp3) is 0.571. The molecule has 0 aromatic heterocycles. The van der Waals surface area contributed by atoms with E-state index in [0.717, 1.165) is 18.4 Å². The van der Waals surface area contributed by atoms with Gasteiger partial charge in [-0.1, -0.05) is 12.1 Å². The van der Waals surface area contributed by atoms with Crippen LogP contribution in [-0.4, -0.2) is 31.2 Å². The van der Waals surface area contributed by atoms with Crippen molar-refractivity contribution < 1.29 is 9.66 Å². The van der Waals surface area contributed by atoms with Crippen LogP contribution in [0.4, 0.5) is 5.69 Å². The number of methoxy groups -OCH3 is 1. The minimum absolute atomic E-state index is 0.0211. The van der Waals surface area contributed by atoms with Crippen LogP contribution in [0.1, 0.15) is 31.4 Å². The molecule has 0 radical (unpaired) electrons. The van der Waals surface area contributed by atoms with Gasteiger partial charge in [0.2, 0.25) is 0 Å². The zero-order valence-corrected chi connectivity index (χ0v) is 12.0. The Morgan fingerprint density at radius 3 is 2.85 bits per heavy atom. The largest absolute Gasteiger partial charge is 0.383 e. The van der Waals surface area contributed by atoms with Gasteiger partial charge in [-0.25, -0.2) is 0 Å². The molecule has 20 heavy (non-hydrogen) atoms. The number of benzene rings is 1. The second-order valence-electron chi connectivity index (χ2n) is 4.82. The monoisotopic (exact) mass is 281 g/mol. The van der Waals surface area contributed by atoms with Gasteiger partial charge < -0.3 is 15.8 Å². The van der Waals surface area contributed by atoms with E-state index < -0.39 is 0 Å². The topological polar surface area (TPSA) is 90.4 Å². The van der Waals surface area contributed by atoms with E-state index in [1.54, 1.807) is 19.2 Å². The molecule has 1 aromatic carbocycles. The third-order valence-electron chi connectivity index (χ3n) is 3.19. The molecule has 0 spiro atoms. The molecule has 0 amide bonds. The smallest absolute Gasteiger partial charge is 0.269 e. The molecule has 0 saturated carbocycles. The Labute approximate surface area is 119 Å². The number of nitro benzene ring substituents is 1. The third-order valence-corrected chi connectivity index (χ3v) is 3.19. The van der Waals surface area contributed by atoms with Crippen LogP contribution < -0.4 is 11.1 Å². The molecule has 2 unspecified atom stereocenters. The standard InChI is InChI=1S/C14H23N3O3/c1-11(16-13(10-20-2)6-4-8-15)12-5-3-7-14(9-12)17(18)19/h3,5,7,9,11,13,16H,4,6,8,10,15H2,1-2H3. The zero-order chi connectivity index (χ0) is 15.0. The number of nitrogens with one attached hydrogen (secondary N) is 1. The Kier molecular flexibility index (Phi) is 7.14. The highest BCUT2D eigenvalue weighted by Gasteiger charge is 2.15. The molecule has 6 nitrogen and oxygen atoms in total. The number of rotatable bonds is 9. The summed E-state index contributed by atoms with van der Waals surface area (Å²) in [6.45, 7) is 3.23. The van der Waals surface area contributed by atoms with Crippen molar-refractivity contribution in [2.75, 3.05) is 20.3 Å². The van der Waals surface area contributed by atoms with Crippen LogP contribution in [0.2, 0.25) is 0 Å². The van der Waals surface area contributed by atoms with Crippen LogP contribution >= 0.6 is 0 Å². The van der Waals surface area contributed by atoms with E-state index in [0.29, 0.717) is 13.2 Å². The molecule has 112 valence electrons. The van der Waals surface area contributed by atoms with Gasteiger partial charge >= 0.3 is 0 Å². The first kappa shape index (κ1) is 16.6. The average molecular weight is 281 g/mol. The number of hydrogen-bond donors (Lipinski definition) is 2. The molecule has 0 bridgehead atoms. The first-order valence-electron chi connectivity index (χ1n) is 6.78. The highest BCUT2D eigenvalue weighted by molar-refractivity contribution is 5.35. The minimum atomic E-state index is -0.378. The molecular weight excluding hydrogens is 258 g/mol. The quantitative estimate of drug-likeness (QED) is 0.533. The van der Waals surface area contributed by atoms with Crippen LogP contribution in [0, 0.1) is 10.1 Å². The van der Waals surface area contributed by atoms with Crippen molar-refractivity contribution >= 4 is 5.69 Å². The zero-order valence-electron chi connectivity index (χ0n) is 12.0. The molecule has 6 heteroatoms. The van der Waals surface area contributed by atoms with E-state index in [-0.39, 0.29) is 22.7 Å². The molecule has 0 aliphatic rings. The number of nitrogens with two attached hydrogens (primary N) is 1. The number of nitro groups is 1. The van der Waals surface area contributed by atoms with Gasteiger partial charge in [0.05, 0.1) is 11.5 Å². The Bertz CT molecular complexity index is 426. The van der Waals surface area contributed by atoms with Crippen LogP contribution in [0.5, 0.6) is 0 Å². The molecule has 0 fully saturated rings. The molecule has 3 N–H and O–H groups in total. The van der Waals surface area contributed by atoms with Crippen molar-refractivity contribution in [1.29, 1.82) is 0 Å². The Balaban J connectivity index is 2.69. The first-order chi connectivity index (χ1) is 9.58. The number of non-ortho nitro benzene ring substituents is 1. The molecule has 0 saturated heterocycles. The van der Waals surface area contributed by atoms with Crippen LogP contribution in [0.15, 0.2) is 24.3 Å². The predicted molar refractivity (Wildman–Crippen MR) is 78.6 cm³/mol. The van der Waals surface area contributed by atoms with Crippen molar-refractivity contribution in [3.05, 3.63) is 39.9 Å². The summed E-state index contributed by atoms with van der Waals surface area (Å²) < 4.78 is 5.19. The summed E-state index contributed by atoms with van der Waals surface area (Å²) in [5.74, 6) is 0. The summed E-state index contributed by atoms with van der Waals surface area (Å²) in [6.07, 6.45) is 1.84. The highest BCUT2D eigenvalue weighted by atomic mass is 16.6. The molecule has 0 aliphatic carbocycles. The van der Waals surface area contributed by atoms with E-state index in [4.69, 9.17) is 10.5 Å². The van der Waals surface area contributed by atoms with E-state index in [1.165, 1.54) is 6.07 Å². The lowest BCUT2D eigenvalue weighted by atomic mass is 10.1. The molecular formula is C14H23N3O3. The molecule has 1 aromatic rings. The second kappa shape index (κ2) is 8.63. The van der Waals surface area contributed by atoms with Crippen molar-refractivity contribution in [3.63, 3.8) is 0 Å². The van der Waals surface area contributed by atoms with Crippen molar-refractivity contribution in [2.45, 2.75) is 31.8 Å². The van der Waals surface area contributed by atoms with Gasteiger partial charge in [-0.05, 0) is 31.9 Å². The van der Waals surface area contributed by atoms with Gasteiger partial charge in [0.1, 0.15) is 0 Å². The summed E-state index contributed by atoms with van der Waals surface area (Å²) >= 11 is 0. The van der Waals surface area contributed by atoms with Crippen molar-refractivity contribution in [3.8, 4) is 0 Å². The number of nitrogens with zero attached hydrogens (tertiary/aromatic N) is 1. The van der Waals surface area contributed by atoms with Crippen LogP contribution in [0.3, 0.4) is 0 Å². The fourth-order valence-corrected chi connectivity index (χ4v) is 2.14. The lowest BCUT2D eigenvalue weighted by Crippen LogP contribution is -2.35. The van der Waals surface area contributed by atoms with E-state index >= 15 is 0 Å². The molecule has 0 aliphatic heterocycles. The van der Waals surface area contributed by atoms with Gasteiger partial charge in [-0.3, -0.25) is 10.1 Å². The summed E-state index contributed by atoms with van der Waals surface area (Å²) in [7, 11) is 1.66. The molecule has 1 rings (SSSR count). The Morgan fingerprint density at radius 2 is 2.25 bits per heavy atom. The predicted octanol–water partition coefficient (Wildman–Crippen LogP) is 2.00.